The molecule has 1 amide bonds. The van der Waals surface area contributed by atoms with Crippen LogP contribution in [-0.2, 0) is 4.79 Å². The number of methoxy groups -OCH3 is 2. The van der Waals surface area contributed by atoms with Crippen LogP contribution < -0.4 is 14.4 Å². The fourth-order valence-corrected chi connectivity index (χ4v) is 3.02. The first-order valence-corrected chi connectivity index (χ1v) is 7.44. The second kappa shape index (κ2) is 6.28. The molecular weight excluding hydrogens is 297 g/mol. The maximum absolute atomic E-state index is 14.1. The molecule has 1 atom stereocenters. The van der Waals surface area contributed by atoms with Gasteiger partial charge in [-0.25, -0.2) is 4.39 Å². The molecule has 1 unspecified atom stereocenters. The maximum atomic E-state index is 14.1. The molecule has 0 aromatic heterocycles. The first-order valence-electron chi connectivity index (χ1n) is 7.44. The van der Waals surface area contributed by atoms with Crippen LogP contribution in [0.5, 0.6) is 11.5 Å². The lowest BCUT2D eigenvalue weighted by Gasteiger charge is -2.26. The third-order valence-electron chi connectivity index (χ3n) is 4.12. The summed E-state index contributed by atoms with van der Waals surface area (Å²) in [6.45, 7) is 0. The second-order valence-corrected chi connectivity index (χ2v) is 5.38. The number of nitrogens with zero attached hydrogens (tertiary/aromatic N) is 1. The summed E-state index contributed by atoms with van der Waals surface area (Å²) in [4.78, 5) is 14.0. The van der Waals surface area contributed by atoms with Gasteiger partial charge in [0.25, 0.3) is 0 Å². The zero-order valence-electron chi connectivity index (χ0n) is 13.1. The third-order valence-corrected chi connectivity index (χ3v) is 4.12. The van der Waals surface area contributed by atoms with E-state index in [2.05, 4.69) is 0 Å². The van der Waals surface area contributed by atoms with Crippen LogP contribution in [0.25, 0.3) is 0 Å². The number of benzene rings is 2. The van der Waals surface area contributed by atoms with Crippen molar-refractivity contribution in [1.29, 1.82) is 0 Å². The summed E-state index contributed by atoms with van der Waals surface area (Å²) >= 11 is 0. The molecule has 1 saturated heterocycles. The standard InChI is InChI=1S/C18H18FNO3/c1-22-16-9-7-12(11-17(16)23-2)20-15(8-10-18(20)21)13-5-3-4-6-14(13)19/h3-7,9,11,15H,8,10H2,1-2H3. The van der Waals surface area contributed by atoms with Gasteiger partial charge in [0, 0.05) is 23.7 Å². The molecule has 0 saturated carbocycles. The molecule has 1 fully saturated rings. The molecule has 1 heterocycles. The summed E-state index contributed by atoms with van der Waals surface area (Å²) in [6.07, 6.45) is 0.988. The van der Waals surface area contributed by atoms with Crippen LogP contribution in [-0.4, -0.2) is 20.1 Å². The highest BCUT2D eigenvalue weighted by Crippen LogP contribution is 2.40. The lowest BCUT2D eigenvalue weighted by atomic mass is 10.0. The van der Waals surface area contributed by atoms with E-state index in [9.17, 15) is 9.18 Å². The average molecular weight is 315 g/mol. The fraction of sp³-hybridized carbons (Fsp3) is 0.278. The molecule has 0 aliphatic carbocycles. The largest absolute Gasteiger partial charge is 0.493 e. The highest BCUT2D eigenvalue weighted by Gasteiger charge is 2.35. The molecular formula is C18H18FNO3. The van der Waals surface area contributed by atoms with Gasteiger partial charge in [-0.05, 0) is 24.6 Å². The molecule has 120 valence electrons. The van der Waals surface area contributed by atoms with E-state index in [-0.39, 0.29) is 17.8 Å². The minimum atomic E-state index is -0.304. The molecule has 0 N–H and O–H groups in total. The highest BCUT2D eigenvalue weighted by molar-refractivity contribution is 5.96. The summed E-state index contributed by atoms with van der Waals surface area (Å²) in [6, 6.07) is 11.6. The van der Waals surface area contributed by atoms with Gasteiger partial charge in [-0.3, -0.25) is 4.79 Å². The number of halogens is 1. The fourth-order valence-electron chi connectivity index (χ4n) is 3.02. The van der Waals surface area contributed by atoms with Gasteiger partial charge in [-0.1, -0.05) is 18.2 Å². The summed E-state index contributed by atoms with van der Waals surface area (Å²) in [7, 11) is 3.10. The van der Waals surface area contributed by atoms with Crippen LogP contribution in [0.4, 0.5) is 10.1 Å². The van der Waals surface area contributed by atoms with E-state index in [0.29, 0.717) is 35.6 Å². The monoisotopic (exact) mass is 315 g/mol. The number of amides is 1. The lowest BCUT2D eigenvalue weighted by molar-refractivity contribution is -0.117. The Labute approximate surface area is 134 Å². The van der Waals surface area contributed by atoms with Crippen molar-refractivity contribution < 1.29 is 18.7 Å². The minimum Gasteiger partial charge on any atom is -0.493 e. The van der Waals surface area contributed by atoms with Crippen molar-refractivity contribution in [1.82, 2.24) is 0 Å². The summed E-state index contributed by atoms with van der Waals surface area (Å²) in [5.74, 6) is 0.811. The van der Waals surface area contributed by atoms with Gasteiger partial charge in [0.15, 0.2) is 11.5 Å². The van der Waals surface area contributed by atoms with Crippen LogP contribution in [0.2, 0.25) is 0 Å². The van der Waals surface area contributed by atoms with E-state index in [1.807, 2.05) is 0 Å². The topological polar surface area (TPSA) is 38.8 Å². The molecule has 5 heteroatoms. The molecule has 2 aromatic rings. The number of rotatable bonds is 4. The number of anilines is 1. The van der Waals surface area contributed by atoms with E-state index < -0.39 is 0 Å². The number of carbonyl (C=O) groups excluding carboxylic acids is 1. The zero-order valence-corrected chi connectivity index (χ0v) is 13.1. The van der Waals surface area contributed by atoms with E-state index in [4.69, 9.17) is 9.47 Å². The Balaban J connectivity index is 2.02. The van der Waals surface area contributed by atoms with Crippen molar-refractivity contribution in [3.05, 3.63) is 53.8 Å². The Morgan fingerprint density at radius 1 is 1.09 bits per heavy atom. The predicted molar refractivity (Wildman–Crippen MR) is 85.4 cm³/mol. The van der Waals surface area contributed by atoms with Gasteiger partial charge < -0.3 is 14.4 Å². The van der Waals surface area contributed by atoms with Gasteiger partial charge in [0.2, 0.25) is 5.91 Å². The normalized spacial score (nSPS) is 17.4. The second-order valence-electron chi connectivity index (χ2n) is 5.38. The lowest BCUT2D eigenvalue weighted by Crippen LogP contribution is -2.27. The van der Waals surface area contributed by atoms with Crippen molar-refractivity contribution in [2.45, 2.75) is 18.9 Å². The number of hydrogen-bond acceptors (Lipinski definition) is 3. The molecule has 2 aromatic carbocycles. The molecule has 3 rings (SSSR count). The van der Waals surface area contributed by atoms with E-state index >= 15 is 0 Å². The van der Waals surface area contributed by atoms with Crippen molar-refractivity contribution in [3.8, 4) is 11.5 Å². The SMILES string of the molecule is COc1ccc(N2C(=O)CCC2c2ccccc2F)cc1OC. The van der Waals surface area contributed by atoms with Gasteiger partial charge in [-0.2, -0.15) is 0 Å². The molecule has 1 aliphatic rings. The maximum Gasteiger partial charge on any atom is 0.227 e. The van der Waals surface area contributed by atoms with Crippen molar-refractivity contribution in [3.63, 3.8) is 0 Å². The first kappa shape index (κ1) is 15.3. The van der Waals surface area contributed by atoms with E-state index in [1.165, 1.54) is 6.07 Å². The molecule has 0 radical (unpaired) electrons. The number of hydrogen-bond donors (Lipinski definition) is 0. The van der Waals surface area contributed by atoms with Crippen LogP contribution >= 0.6 is 0 Å². The quantitative estimate of drug-likeness (QED) is 0.863. The predicted octanol–water partition coefficient (Wildman–Crippen LogP) is 3.71. The smallest absolute Gasteiger partial charge is 0.227 e. The van der Waals surface area contributed by atoms with Crippen molar-refractivity contribution in [2.24, 2.45) is 0 Å². The molecule has 1 aliphatic heterocycles. The zero-order chi connectivity index (χ0) is 16.4. The van der Waals surface area contributed by atoms with Crippen molar-refractivity contribution in [2.75, 3.05) is 19.1 Å². The van der Waals surface area contributed by atoms with Crippen LogP contribution in [0, 0.1) is 5.82 Å². The summed E-state index contributed by atoms with van der Waals surface area (Å²) in [5.41, 5.74) is 1.21. The third kappa shape index (κ3) is 2.74. The summed E-state index contributed by atoms with van der Waals surface area (Å²) < 4.78 is 24.7. The van der Waals surface area contributed by atoms with Crippen LogP contribution in [0.15, 0.2) is 42.5 Å². The first-order chi connectivity index (χ1) is 11.2. The van der Waals surface area contributed by atoms with Crippen LogP contribution in [0.1, 0.15) is 24.4 Å². The Morgan fingerprint density at radius 3 is 2.52 bits per heavy atom. The number of carbonyl (C=O) groups is 1. The Morgan fingerprint density at radius 2 is 1.83 bits per heavy atom. The van der Waals surface area contributed by atoms with Gasteiger partial charge in [-0.15, -0.1) is 0 Å². The van der Waals surface area contributed by atoms with E-state index in [0.717, 1.165) is 0 Å². The Hall–Kier alpha value is -2.56. The highest BCUT2D eigenvalue weighted by atomic mass is 19.1. The minimum absolute atomic E-state index is 0.0227. The molecule has 0 spiro atoms. The average Bonchev–Trinajstić information content (AvgIpc) is 2.96. The van der Waals surface area contributed by atoms with Gasteiger partial charge in [0.05, 0.1) is 20.3 Å². The Kier molecular flexibility index (Phi) is 4.19. The Bertz CT molecular complexity index is 732. The molecule has 23 heavy (non-hydrogen) atoms. The van der Waals surface area contributed by atoms with E-state index in [1.54, 1.807) is 55.5 Å². The molecule has 4 nitrogen and oxygen atoms in total. The molecule has 0 bridgehead atoms. The number of ether oxygens (including phenoxy) is 2. The van der Waals surface area contributed by atoms with Crippen molar-refractivity contribution >= 4 is 11.6 Å². The van der Waals surface area contributed by atoms with Gasteiger partial charge >= 0.3 is 0 Å². The van der Waals surface area contributed by atoms with Crippen LogP contribution in [0.3, 0.4) is 0 Å². The summed E-state index contributed by atoms with van der Waals surface area (Å²) in [5, 5.41) is 0. The van der Waals surface area contributed by atoms with Gasteiger partial charge in [0.1, 0.15) is 5.82 Å².